The normalized spacial score (nSPS) is 14.0. The summed E-state index contributed by atoms with van der Waals surface area (Å²) in [7, 11) is 3.08. The maximum Gasteiger partial charge on any atom is 0.261 e. The van der Waals surface area contributed by atoms with Gasteiger partial charge in [0.05, 0.1) is 25.9 Å². The zero-order valence-corrected chi connectivity index (χ0v) is 16.6. The Hall–Kier alpha value is -3.28. The maximum atomic E-state index is 12.3. The van der Waals surface area contributed by atoms with Crippen molar-refractivity contribution in [2.45, 2.75) is 31.8 Å². The van der Waals surface area contributed by atoms with E-state index in [-0.39, 0.29) is 6.10 Å². The molecule has 0 spiro atoms. The number of hydrogen-bond donors (Lipinski definition) is 1. The largest absolute Gasteiger partial charge is 0.496 e. The highest BCUT2D eigenvalue weighted by Crippen LogP contribution is 2.32. The van der Waals surface area contributed by atoms with Crippen molar-refractivity contribution in [2.24, 2.45) is 0 Å². The number of rotatable bonds is 7. The van der Waals surface area contributed by atoms with Gasteiger partial charge in [-0.15, -0.1) is 0 Å². The molecule has 0 radical (unpaired) electrons. The molecule has 1 fully saturated rings. The van der Waals surface area contributed by atoms with Gasteiger partial charge in [0.15, 0.2) is 11.5 Å². The average molecular weight is 395 g/mol. The number of imide groups is 1. The lowest BCUT2D eigenvalue weighted by atomic mass is 10.1. The van der Waals surface area contributed by atoms with Crippen LogP contribution in [0.2, 0.25) is 0 Å². The SMILES string of the molecule is COc1ccc(/C=C/C(=O)NC(=O)c2ccccc2OC)cc1OC1CCCC1. The number of para-hydroxylation sites is 1. The molecule has 1 N–H and O–H groups in total. The lowest BCUT2D eigenvalue weighted by molar-refractivity contribution is -0.115. The molecule has 0 heterocycles. The minimum Gasteiger partial charge on any atom is -0.496 e. The molecule has 152 valence electrons. The number of amides is 2. The Labute approximate surface area is 170 Å². The van der Waals surface area contributed by atoms with Gasteiger partial charge < -0.3 is 14.2 Å². The van der Waals surface area contributed by atoms with Crippen LogP contribution in [-0.2, 0) is 4.79 Å². The number of carbonyl (C=O) groups excluding carboxylic acids is 2. The second-order valence-electron chi connectivity index (χ2n) is 6.79. The van der Waals surface area contributed by atoms with Crippen LogP contribution in [0.15, 0.2) is 48.5 Å². The summed E-state index contributed by atoms with van der Waals surface area (Å²) in [6.07, 6.45) is 7.57. The Morgan fingerprint density at radius 3 is 2.41 bits per heavy atom. The first-order valence-electron chi connectivity index (χ1n) is 9.62. The summed E-state index contributed by atoms with van der Waals surface area (Å²) < 4.78 is 16.6. The van der Waals surface area contributed by atoms with Crippen molar-refractivity contribution in [1.82, 2.24) is 5.32 Å². The summed E-state index contributed by atoms with van der Waals surface area (Å²) in [5, 5.41) is 2.34. The van der Waals surface area contributed by atoms with Crippen molar-refractivity contribution in [3.05, 3.63) is 59.7 Å². The van der Waals surface area contributed by atoms with Crippen molar-refractivity contribution in [3.63, 3.8) is 0 Å². The van der Waals surface area contributed by atoms with E-state index in [0.717, 1.165) is 18.4 Å². The van der Waals surface area contributed by atoms with Gasteiger partial charge in [-0.25, -0.2) is 0 Å². The molecule has 0 unspecified atom stereocenters. The Kier molecular flexibility index (Phi) is 6.89. The number of hydrogen-bond acceptors (Lipinski definition) is 5. The van der Waals surface area contributed by atoms with Crippen LogP contribution < -0.4 is 19.5 Å². The van der Waals surface area contributed by atoms with Crippen LogP contribution in [0.25, 0.3) is 6.08 Å². The molecule has 0 bridgehead atoms. The van der Waals surface area contributed by atoms with Gasteiger partial charge in [0.25, 0.3) is 11.8 Å². The third-order valence-corrected chi connectivity index (χ3v) is 4.80. The van der Waals surface area contributed by atoms with E-state index < -0.39 is 11.8 Å². The molecule has 3 rings (SSSR count). The van der Waals surface area contributed by atoms with E-state index in [1.165, 1.54) is 26.0 Å². The van der Waals surface area contributed by atoms with Crippen molar-refractivity contribution < 1.29 is 23.8 Å². The predicted molar refractivity (Wildman–Crippen MR) is 110 cm³/mol. The second-order valence-corrected chi connectivity index (χ2v) is 6.79. The molecule has 0 aliphatic heterocycles. The van der Waals surface area contributed by atoms with Crippen molar-refractivity contribution >= 4 is 17.9 Å². The Morgan fingerprint density at radius 2 is 1.69 bits per heavy atom. The minimum absolute atomic E-state index is 0.199. The molecule has 2 amide bonds. The Bertz CT molecular complexity index is 900. The van der Waals surface area contributed by atoms with Gasteiger partial charge in [-0.1, -0.05) is 18.2 Å². The highest BCUT2D eigenvalue weighted by molar-refractivity contribution is 6.10. The van der Waals surface area contributed by atoms with Gasteiger partial charge in [-0.05, 0) is 61.6 Å². The van der Waals surface area contributed by atoms with E-state index >= 15 is 0 Å². The monoisotopic (exact) mass is 395 g/mol. The van der Waals surface area contributed by atoms with Gasteiger partial charge in [0.2, 0.25) is 0 Å². The summed E-state index contributed by atoms with van der Waals surface area (Å²) in [5.74, 6) is 0.689. The molecule has 2 aromatic carbocycles. The first-order chi connectivity index (χ1) is 14.1. The third-order valence-electron chi connectivity index (χ3n) is 4.80. The van der Waals surface area contributed by atoms with Crippen molar-refractivity contribution in [3.8, 4) is 17.2 Å². The van der Waals surface area contributed by atoms with Crippen LogP contribution in [0.5, 0.6) is 17.2 Å². The quantitative estimate of drug-likeness (QED) is 0.718. The average Bonchev–Trinajstić information content (AvgIpc) is 3.25. The fourth-order valence-electron chi connectivity index (χ4n) is 3.30. The summed E-state index contributed by atoms with van der Waals surface area (Å²) >= 11 is 0. The van der Waals surface area contributed by atoms with Gasteiger partial charge in [-0.2, -0.15) is 0 Å². The molecule has 1 aliphatic rings. The molecule has 6 heteroatoms. The van der Waals surface area contributed by atoms with Crippen LogP contribution in [0.1, 0.15) is 41.6 Å². The minimum atomic E-state index is -0.519. The molecule has 6 nitrogen and oxygen atoms in total. The van der Waals surface area contributed by atoms with Gasteiger partial charge in [0.1, 0.15) is 5.75 Å². The fourth-order valence-corrected chi connectivity index (χ4v) is 3.30. The Morgan fingerprint density at radius 1 is 0.966 bits per heavy atom. The van der Waals surface area contributed by atoms with Gasteiger partial charge >= 0.3 is 0 Å². The molecule has 0 atom stereocenters. The van der Waals surface area contributed by atoms with Crippen LogP contribution in [0.3, 0.4) is 0 Å². The fraction of sp³-hybridized carbons (Fsp3) is 0.304. The van der Waals surface area contributed by atoms with Crippen LogP contribution in [-0.4, -0.2) is 32.1 Å². The van der Waals surface area contributed by atoms with Crippen molar-refractivity contribution in [2.75, 3.05) is 14.2 Å². The number of nitrogens with one attached hydrogen (secondary N) is 1. The zero-order chi connectivity index (χ0) is 20.6. The van der Waals surface area contributed by atoms with E-state index in [1.54, 1.807) is 37.5 Å². The smallest absolute Gasteiger partial charge is 0.261 e. The van der Waals surface area contributed by atoms with Gasteiger partial charge in [-0.3, -0.25) is 14.9 Å². The first-order valence-corrected chi connectivity index (χ1v) is 9.62. The molecule has 1 aliphatic carbocycles. The maximum absolute atomic E-state index is 12.3. The third kappa shape index (κ3) is 5.38. The topological polar surface area (TPSA) is 73.9 Å². The predicted octanol–water partition coefficient (Wildman–Crippen LogP) is 4.00. The molecule has 0 aromatic heterocycles. The van der Waals surface area contributed by atoms with E-state index in [1.807, 2.05) is 18.2 Å². The summed E-state index contributed by atoms with van der Waals surface area (Å²) in [5.41, 5.74) is 1.08. The number of methoxy groups -OCH3 is 2. The van der Waals surface area contributed by atoms with E-state index in [0.29, 0.717) is 22.8 Å². The number of ether oxygens (including phenoxy) is 3. The Balaban J connectivity index is 1.66. The molecule has 0 saturated heterocycles. The van der Waals surface area contributed by atoms with Crippen LogP contribution >= 0.6 is 0 Å². The van der Waals surface area contributed by atoms with Crippen molar-refractivity contribution in [1.29, 1.82) is 0 Å². The van der Waals surface area contributed by atoms with E-state index in [9.17, 15) is 9.59 Å². The molecular formula is C23H25NO5. The highest BCUT2D eigenvalue weighted by Gasteiger charge is 2.18. The summed E-state index contributed by atoms with van der Waals surface area (Å²) in [6, 6.07) is 12.2. The first kappa shape index (κ1) is 20.5. The lowest BCUT2D eigenvalue weighted by Gasteiger charge is -2.16. The highest BCUT2D eigenvalue weighted by atomic mass is 16.5. The van der Waals surface area contributed by atoms with Crippen LogP contribution in [0.4, 0.5) is 0 Å². The molecule has 29 heavy (non-hydrogen) atoms. The molecular weight excluding hydrogens is 370 g/mol. The molecule has 1 saturated carbocycles. The van der Waals surface area contributed by atoms with E-state index in [2.05, 4.69) is 5.32 Å². The standard InChI is InChI=1S/C23H25NO5/c1-27-19-10-6-5-9-18(19)23(26)24-22(25)14-12-16-11-13-20(28-2)21(15-16)29-17-7-3-4-8-17/h5-6,9-15,17H,3-4,7-8H2,1-2H3,(H,24,25,26)/b14-12+. The zero-order valence-electron chi connectivity index (χ0n) is 16.6. The second kappa shape index (κ2) is 9.78. The summed E-state index contributed by atoms with van der Waals surface area (Å²) in [6.45, 7) is 0. The van der Waals surface area contributed by atoms with Gasteiger partial charge in [0, 0.05) is 6.08 Å². The van der Waals surface area contributed by atoms with E-state index in [4.69, 9.17) is 14.2 Å². The lowest BCUT2D eigenvalue weighted by Crippen LogP contribution is -2.29. The number of carbonyl (C=O) groups is 2. The summed E-state index contributed by atoms with van der Waals surface area (Å²) in [4.78, 5) is 24.5. The number of benzene rings is 2. The van der Waals surface area contributed by atoms with Crippen LogP contribution in [0, 0.1) is 0 Å². The molecule has 2 aromatic rings.